The van der Waals surface area contributed by atoms with Gasteiger partial charge in [-0.3, -0.25) is 4.90 Å². The van der Waals surface area contributed by atoms with Crippen LogP contribution in [-0.2, 0) is 13.0 Å². The summed E-state index contributed by atoms with van der Waals surface area (Å²) in [4.78, 5) is 2.53. The van der Waals surface area contributed by atoms with E-state index >= 15 is 0 Å². The number of nitrogens with zero attached hydrogens (tertiary/aromatic N) is 1. The molecule has 0 unspecified atom stereocenters. The van der Waals surface area contributed by atoms with Crippen LogP contribution in [0.1, 0.15) is 29.5 Å². The summed E-state index contributed by atoms with van der Waals surface area (Å²) in [5, 5.41) is 3.65. The third kappa shape index (κ3) is 4.65. The topological polar surface area (TPSA) is 15.3 Å². The predicted molar refractivity (Wildman–Crippen MR) is 97.6 cm³/mol. The lowest BCUT2D eigenvalue weighted by Crippen LogP contribution is -2.42. The van der Waals surface area contributed by atoms with Crippen LogP contribution in [-0.4, -0.2) is 30.6 Å². The molecular formula is C21H27FN2. The Labute approximate surface area is 144 Å². The largest absolute Gasteiger partial charge is 0.314 e. The quantitative estimate of drug-likeness (QED) is 0.865. The molecule has 0 aromatic heterocycles. The Morgan fingerprint density at radius 1 is 1.04 bits per heavy atom. The second kappa shape index (κ2) is 8.41. The average molecular weight is 326 g/mol. The molecule has 1 fully saturated rings. The molecule has 1 aliphatic heterocycles. The van der Waals surface area contributed by atoms with Gasteiger partial charge in [0.2, 0.25) is 0 Å². The van der Waals surface area contributed by atoms with E-state index in [-0.39, 0.29) is 5.82 Å². The van der Waals surface area contributed by atoms with Crippen LogP contribution in [0, 0.1) is 12.7 Å². The summed E-state index contributed by atoms with van der Waals surface area (Å²) in [6.45, 7) is 6.13. The van der Waals surface area contributed by atoms with Gasteiger partial charge < -0.3 is 5.32 Å². The molecular weight excluding hydrogens is 299 g/mol. The average Bonchev–Trinajstić information content (AvgIpc) is 2.61. The van der Waals surface area contributed by atoms with Crippen molar-refractivity contribution in [1.82, 2.24) is 10.2 Å². The Morgan fingerprint density at radius 3 is 2.54 bits per heavy atom. The molecule has 128 valence electrons. The Bertz CT molecular complexity index is 634. The fourth-order valence-electron chi connectivity index (χ4n) is 3.47. The molecule has 1 saturated heterocycles. The van der Waals surface area contributed by atoms with Gasteiger partial charge in [-0.1, -0.05) is 42.5 Å². The van der Waals surface area contributed by atoms with Gasteiger partial charge in [0.1, 0.15) is 5.82 Å². The summed E-state index contributed by atoms with van der Waals surface area (Å²) in [6.07, 6.45) is 3.28. The van der Waals surface area contributed by atoms with Crippen molar-refractivity contribution in [3.05, 3.63) is 71.0 Å². The normalized spacial score (nSPS) is 16.4. The summed E-state index contributed by atoms with van der Waals surface area (Å²) in [6, 6.07) is 16.6. The first-order chi connectivity index (χ1) is 11.7. The second-order valence-electron chi connectivity index (χ2n) is 6.76. The van der Waals surface area contributed by atoms with Crippen LogP contribution in [0.15, 0.2) is 48.5 Å². The van der Waals surface area contributed by atoms with Crippen LogP contribution in [0.25, 0.3) is 0 Å². The van der Waals surface area contributed by atoms with E-state index in [4.69, 9.17) is 0 Å². The molecule has 0 amide bonds. The van der Waals surface area contributed by atoms with Gasteiger partial charge in [0.25, 0.3) is 0 Å². The fraction of sp³-hybridized carbons (Fsp3) is 0.429. The third-order valence-corrected chi connectivity index (χ3v) is 5.04. The highest BCUT2D eigenvalue weighted by atomic mass is 19.1. The molecule has 0 radical (unpaired) electrons. The summed E-state index contributed by atoms with van der Waals surface area (Å²) >= 11 is 0. The molecule has 3 rings (SSSR count). The molecule has 2 aromatic carbocycles. The molecule has 24 heavy (non-hydrogen) atoms. The molecule has 0 spiro atoms. The summed E-state index contributed by atoms with van der Waals surface area (Å²) < 4.78 is 13.6. The lowest BCUT2D eigenvalue weighted by Gasteiger charge is -2.32. The van der Waals surface area contributed by atoms with Crippen LogP contribution in [0.2, 0.25) is 0 Å². The zero-order valence-electron chi connectivity index (χ0n) is 14.5. The van der Waals surface area contributed by atoms with E-state index in [1.807, 2.05) is 13.0 Å². The molecule has 0 aliphatic carbocycles. The van der Waals surface area contributed by atoms with Gasteiger partial charge in [-0.2, -0.15) is 0 Å². The Balaban J connectivity index is 1.39. The predicted octanol–water partition coefficient (Wildman–Crippen LogP) is 3.93. The van der Waals surface area contributed by atoms with Crippen molar-refractivity contribution in [3.8, 4) is 0 Å². The standard InChI is InChI=1S/C21H27FN2/c1-17-19(8-5-9-21(17)22)10-13-23-20-11-14-24(15-12-20)16-18-6-3-2-4-7-18/h2-9,20,23H,10-16H2,1H3. The Hall–Kier alpha value is -1.71. The molecule has 1 aliphatic rings. The van der Waals surface area contributed by atoms with Gasteiger partial charge in [0.15, 0.2) is 0 Å². The van der Waals surface area contributed by atoms with Crippen molar-refractivity contribution in [2.45, 2.75) is 38.8 Å². The van der Waals surface area contributed by atoms with E-state index in [0.717, 1.165) is 43.7 Å². The smallest absolute Gasteiger partial charge is 0.126 e. The number of halogens is 1. The maximum Gasteiger partial charge on any atom is 0.126 e. The zero-order valence-corrected chi connectivity index (χ0v) is 14.5. The maximum absolute atomic E-state index is 13.6. The number of likely N-dealkylation sites (tertiary alicyclic amines) is 1. The molecule has 1 heterocycles. The van der Waals surface area contributed by atoms with Crippen LogP contribution in [0.4, 0.5) is 4.39 Å². The summed E-state index contributed by atoms with van der Waals surface area (Å²) in [5.41, 5.74) is 3.30. The van der Waals surface area contributed by atoms with E-state index in [1.165, 1.54) is 24.5 Å². The van der Waals surface area contributed by atoms with E-state index in [9.17, 15) is 4.39 Å². The van der Waals surface area contributed by atoms with Crippen LogP contribution in [0.3, 0.4) is 0 Å². The lowest BCUT2D eigenvalue weighted by molar-refractivity contribution is 0.191. The van der Waals surface area contributed by atoms with Crippen molar-refractivity contribution < 1.29 is 4.39 Å². The minimum atomic E-state index is -0.0956. The molecule has 2 nitrogen and oxygen atoms in total. The van der Waals surface area contributed by atoms with E-state index in [0.29, 0.717) is 6.04 Å². The molecule has 0 bridgehead atoms. The monoisotopic (exact) mass is 326 g/mol. The number of rotatable bonds is 6. The third-order valence-electron chi connectivity index (χ3n) is 5.04. The lowest BCUT2D eigenvalue weighted by atomic mass is 10.0. The van der Waals surface area contributed by atoms with Gasteiger partial charge in [-0.05, 0) is 68.6 Å². The van der Waals surface area contributed by atoms with Crippen molar-refractivity contribution in [3.63, 3.8) is 0 Å². The number of hydrogen-bond donors (Lipinski definition) is 1. The number of piperidine rings is 1. The molecule has 1 N–H and O–H groups in total. The highest BCUT2D eigenvalue weighted by Crippen LogP contribution is 2.15. The van der Waals surface area contributed by atoms with Gasteiger partial charge in [-0.25, -0.2) is 4.39 Å². The second-order valence-corrected chi connectivity index (χ2v) is 6.76. The van der Waals surface area contributed by atoms with Crippen molar-refractivity contribution in [1.29, 1.82) is 0 Å². The maximum atomic E-state index is 13.6. The Morgan fingerprint density at radius 2 is 1.79 bits per heavy atom. The number of hydrogen-bond acceptors (Lipinski definition) is 2. The van der Waals surface area contributed by atoms with Gasteiger partial charge in [-0.15, -0.1) is 0 Å². The zero-order chi connectivity index (χ0) is 16.8. The fourth-order valence-corrected chi connectivity index (χ4v) is 3.47. The SMILES string of the molecule is Cc1c(F)cccc1CCNC1CCN(Cc2ccccc2)CC1. The highest BCUT2D eigenvalue weighted by Gasteiger charge is 2.18. The summed E-state index contributed by atoms with van der Waals surface area (Å²) in [7, 11) is 0. The first-order valence-electron chi connectivity index (χ1n) is 8.96. The van der Waals surface area contributed by atoms with Gasteiger partial charge in [0.05, 0.1) is 0 Å². The van der Waals surface area contributed by atoms with Crippen LogP contribution < -0.4 is 5.32 Å². The highest BCUT2D eigenvalue weighted by molar-refractivity contribution is 5.27. The first-order valence-corrected chi connectivity index (χ1v) is 8.96. The number of nitrogens with one attached hydrogen (secondary N) is 1. The van der Waals surface area contributed by atoms with E-state index in [1.54, 1.807) is 6.07 Å². The summed E-state index contributed by atoms with van der Waals surface area (Å²) in [5.74, 6) is -0.0956. The molecule has 2 aromatic rings. The van der Waals surface area contributed by atoms with E-state index < -0.39 is 0 Å². The molecule has 0 saturated carbocycles. The van der Waals surface area contributed by atoms with Crippen LogP contribution >= 0.6 is 0 Å². The minimum Gasteiger partial charge on any atom is -0.314 e. The molecule has 0 atom stereocenters. The van der Waals surface area contributed by atoms with Crippen molar-refractivity contribution >= 4 is 0 Å². The van der Waals surface area contributed by atoms with Gasteiger partial charge >= 0.3 is 0 Å². The van der Waals surface area contributed by atoms with E-state index in [2.05, 4.69) is 40.5 Å². The number of benzene rings is 2. The van der Waals surface area contributed by atoms with Crippen molar-refractivity contribution in [2.75, 3.05) is 19.6 Å². The van der Waals surface area contributed by atoms with Crippen molar-refractivity contribution in [2.24, 2.45) is 0 Å². The minimum absolute atomic E-state index is 0.0956. The Kier molecular flexibility index (Phi) is 6.00. The molecule has 3 heteroatoms. The van der Waals surface area contributed by atoms with Gasteiger partial charge in [0, 0.05) is 12.6 Å². The van der Waals surface area contributed by atoms with Crippen LogP contribution in [0.5, 0.6) is 0 Å². The first kappa shape index (κ1) is 17.1.